The van der Waals surface area contributed by atoms with Gasteiger partial charge < -0.3 is 10.6 Å². The first-order chi connectivity index (χ1) is 9.23. The van der Waals surface area contributed by atoms with Crippen LogP contribution in [-0.4, -0.2) is 35.6 Å². The first-order valence-corrected chi connectivity index (χ1v) is 6.45. The van der Waals surface area contributed by atoms with Crippen molar-refractivity contribution < 1.29 is 18.0 Å². The number of carbonyl (C=O) groups is 1. The quantitative estimate of drug-likeness (QED) is 0.857. The van der Waals surface area contributed by atoms with Crippen molar-refractivity contribution in [1.82, 2.24) is 4.90 Å². The minimum absolute atomic E-state index is 0.263. The number of nitrogens with two attached hydrogens (primary N) is 1. The lowest BCUT2D eigenvalue weighted by Gasteiger charge is -2.32. The number of nitrogens with zero attached hydrogens (tertiary/aromatic N) is 1. The van der Waals surface area contributed by atoms with Crippen LogP contribution in [0.15, 0.2) is 24.3 Å². The molecule has 20 heavy (non-hydrogen) atoms. The maximum absolute atomic E-state index is 12.8. The average Bonchev–Trinajstić information content (AvgIpc) is 2.59. The third kappa shape index (κ3) is 2.65. The predicted molar refractivity (Wildman–Crippen MR) is 69.1 cm³/mol. The molecule has 0 bridgehead atoms. The zero-order valence-electron chi connectivity index (χ0n) is 11.2. The number of carbonyl (C=O) groups excluding carboxylic acids is 1. The summed E-state index contributed by atoms with van der Waals surface area (Å²) in [5, 5.41) is 0. The van der Waals surface area contributed by atoms with Crippen LogP contribution in [0.4, 0.5) is 13.2 Å². The van der Waals surface area contributed by atoms with Crippen molar-refractivity contribution in [2.45, 2.75) is 31.5 Å². The fraction of sp³-hybridized carbons (Fsp3) is 0.500. The van der Waals surface area contributed by atoms with Crippen molar-refractivity contribution in [3.8, 4) is 0 Å². The Kier molecular flexibility index (Phi) is 3.77. The van der Waals surface area contributed by atoms with Gasteiger partial charge in [0.15, 0.2) is 5.54 Å². The normalized spacial score (nSPS) is 18.9. The van der Waals surface area contributed by atoms with E-state index in [1.54, 1.807) is 0 Å². The molecule has 1 aliphatic rings. The second-order valence-corrected chi connectivity index (χ2v) is 5.26. The summed E-state index contributed by atoms with van der Waals surface area (Å²) < 4.78 is 38.5. The van der Waals surface area contributed by atoms with Crippen LogP contribution in [0.3, 0.4) is 0 Å². The van der Waals surface area contributed by atoms with Crippen molar-refractivity contribution in [1.29, 1.82) is 0 Å². The molecular weight excluding hydrogens is 269 g/mol. The zero-order valence-corrected chi connectivity index (χ0v) is 11.2. The number of benzene rings is 1. The molecule has 6 heteroatoms. The summed E-state index contributed by atoms with van der Waals surface area (Å²) >= 11 is 0. The highest BCUT2D eigenvalue weighted by molar-refractivity contribution is 5.86. The van der Waals surface area contributed by atoms with E-state index in [9.17, 15) is 18.0 Å². The molecular formula is C14H17F3N2O. The van der Waals surface area contributed by atoms with Crippen LogP contribution in [0.5, 0.6) is 0 Å². The highest BCUT2D eigenvalue weighted by Gasteiger charge is 2.55. The SMILES string of the molecule is CC(N)(C(=O)N1CCc2ccccc2CC1)C(F)(F)F. The van der Waals surface area contributed by atoms with Crippen molar-refractivity contribution in [3.05, 3.63) is 35.4 Å². The molecule has 1 unspecified atom stereocenters. The van der Waals surface area contributed by atoms with Gasteiger partial charge in [-0.2, -0.15) is 13.2 Å². The Morgan fingerprint density at radius 3 is 2.00 bits per heavy atom. The van der Waals surface area contributed by atoms with Gasteiger partial charge in [-0.3, -0.25) is 4.79 Å². The Labute approximate surface area is 115 Å². The van der Waals surface area contributed by atoms with Crippen molar-refractivity contribution in [2.75, 3.05) is 13.1 Å². The lowest BCUT2D eigenvalue weighted by molar-refractivity contribution is -0.193. The zero-order chi connectivity index (χ0) is 15.0. The molecule has 1 aromatic rings. The van der Waals surface area contributed by atoms with Gasteiger partial charge >= 0.3 is 6.18 Å². The number of fused-ring (bicyclic) bond motifs is 1. The van der Waals surface area contributed by atoms with Crippen LogP contribution in [0, 0.1) is 0 Å². The third-order valence-corrected chi connectivity index (χ3v) is 3.74. The number of hydrogen-bond donors (Lipinski definition) is 1. The fourth-order valence-corrected chi connectivity index (χ4v) is 2.32. The molecule has 2 N–H and O–H groups in total. The molecule has 1 aliphatic heterocycles. The van der Waals surface area contributed by atoms with Gasteiger partial charge in [0, 0.05) is 13.1 Å². The Bertz CT molecular complexity index is 484. The van der Waals surface area contributed by atoms with E-state index in [4.69, 9.17) is 5.73 Å². The Morgan fingerprint density at radius 1 is 1.15 bits per heavy atom. The number of rotatable bonds is 1. The van der Waals surface area contributed by atoms with E-state index >= 15 is 0 Å². The largest absolute Gasteiger partial charge is 0.415 e. The van der Waals surface area contributed by atoms with Gasteiger partial charge in [0.2, 0.25) is 0 Å². The molecule has 0 spiro atoms. The van der Waals surface area contributed by atoms with Crippen molar-refractivity contribution >= 4 is 5.91 Å². The summed E-state index contributed by atoms with van der Waals surface area (Å²) in [4.78, 5) is 13.3. The van der Waals surface area contributed by atoms with Gasteiger partial charge in [-0.25, -0.2) is 0 Å². The smallest absolute Gasteiger partial charge is 0.340 e. The maximum atomic E-state index is 12.8. The van der Waals surface area contributed by atoms with Gasteiger partial charge in [-0.05, 0) is 30.9 Å². The topological polar surface area (TPSA) is 46.3 Å². The van der Waals surface area contributed by atoms with Crippen LogP contribution < -0.4 is 5.73 Å². The molecule has 2 rings (SSSR count). The summed E-state index contributed by atoms with van der Waals surface area (Å²) in [6, 6.07) is 7.65. The summed E-state index contributed by atoms with van der Waals surface area (Å²) in [6.07, 6.45) is -3.64. The van der Waals surface area contributed by atoms with E-state index in [2.05, 4.69) is 0 Å². The molecule has 0 radical (unpaired) electrons. The van der Waals surface area contributed by atoms with Gasteiger partial charge in [0.25, 0.3) is 5.91 Å². The van der Waals surface area contributed by atoms with Gasteiger partial charge in [0.05, 0.1) is 0 Å². The summed E-state index contributed by atoms with van der Waals surface area (Å²) in [5.74, 6) is -1.06. The minimum Gasteiger partial charge on any atom is -0.340 e. The Morgan fingerprint density at radius 2 is 1.60 bits per heavy atom. The molecule has 0 aromatic heterocycles. The molecule has 0 fully saturated rings. The Balaban J connectivity index is 2.15. The summed E-state index contributed by atoms with van der Waals surface area (Å²) in [5.41, 5.74) is 4.53. The van der Waals surface area contributed by atoms with E-state index in [0.717, 1.165) is 18.1 Å². The molecule has 1 atom stereocenters. The number of amides is 1. The van der Waals surface area contributed by atoms with Gasteiger partial charge in [-0.15, -0.1) is 0 Å². The molecule has 110 valence electrons. The van der Waals surface area contributed by atoms with Crippen LogP contribution >= 0.6 is 0 Å². The van der Waals surface area contributed by atoms with E-state index in [0.29, 0.717) is 12.8 Å². The van der Waals surface area contributed by atoms with Crippen LogP contribution in [0.25, 0.3) is 0 Å². The maximum Gasteiger partial charge on any atom is 0.415 e. The van der Waals surface area contributed by atoms with E-state index in [-0.39, 0.29) is 13.1 Å². The molecule has 0 saturated heterocycles. The second-order valence-electron chi connectivity index (χ2n) is 5.26. The highest BCUT2D eigenvalue weighted by Crippen LogP contribution is 2.30. The molecule has 3 nitrogen and oxygen atoms in total. The summed E-state index contributed by atoms with van der Waals surface area (Å²) in [6.45, 7) is 1.25. The molecule has 1 aromatic carbocycles. The molecule has 1 heterocycles. The van der Waals surface area contributed by atoms with E-state index < -0.39 is 17.6 Å². The first-order valence-electron chi connectivity index (χ1n) is 6.45. The number of halogens is 3. The highest BCUT2D eigenvalue weighted by atomic mass is 19.4. The monoisotopic (exact) mass is 286 g/mol. The number of alkyl halides is 3. The minimum atomic E-state index is -4.75. The van der Waals surface area contributed by atoms with Gasteiger partial charge in [-0.1, -0.05) is 24.3 Å². The van der Waals surface area contributed by atoms with Crippen LogP contribution in [-0.2, 0) is 17.6 Å². The second kappa shape index (κ2) is 5.09. The van der Waals surface area contributed by atoms with Gasteiger partial charge in [0.1, 0.15) is 0 Å². The summed E-state index contributed by atoms with van der Waals surface area (Å²) in [7, 11) is 0. The van der Waals surface area contributed by atoms with Crippen molar-refractivity contribution in [3.63, 3.8) is 0 Å². The molecule has 0 aliphatic carbocycles. The first kappa shape index (κ1) is 14.8. The lowest BCUT2D eigenvalue weighted by atomic mass is 10.0. The van der Waals surface area contributed by atoms with Crippen LogP contribution in [0.2, 0.25) is 0 Å². The Hall–Kier alpha value is -1.56. The van der Waals surface area contributed by atoms with Crippen LogP contribution in [0.1, 0.15) is 18.1 Å². The lowest BCUT2D eigenvalue weighted by Crippen LogP contribution is -2.62. The average molecular weight is 286 g/mol. The molecule has 0 saturated carbocycles. The molecule has 1 amide bonds. The van der Waals surface area contributed by atoms with Crippen molar-refractivity contribution in [2.24, 2.45) is 5.73 Å². The van der Waals surface area contributed by atoms with E-state index in [1.807, 2.05) is 24.3 Å². The number of hydrogen-bond acceptors (Lipinski definition) is 2. The standard InChI is InChI=1S/C14H17F3N2O/c1-13(18,14(15,16)17)12(20)19-8-6-10-4-2-3-5-11(10)7-9-19/h2-5H,6-9,18H2,1H3. The fourth-order valence-electron chi connectivity index (χ4n) is 2.32. The third-order valence-electron chi connectivity index (χ3n) is 3.74. The van der Waals surface area contributed by atoms with E-state index in [1.165, 1.54) is 4.90 Å². The predicted octanol–water partition coefficient (Wildman–Crippen LogP) is 1.89.